The van der Waals surface area contributed by atoms with Crippen molar-refractivity contribution in [1.82, 2.24) is 0 Å². The molecule has 0 aliphatic carbocycles. The second kappa shape index (κ2) is 5.59. The van der Waals surface area contributed by atoms with Gasteiger partial charge >= 0.3 is 123 Å². The molecule has 96 valence electrons. The van der Waals surface area contributed by atoms with E-state index >= 15 is 0 Å². The van der Waals surface area contributed by atoms with Crippen molar-refractivity contribution in [3.8, 4) is 0 Å². The zero-order valence-electron chi connectivity index (χ0n) is 9.60. The first-order valence-electron chi connectivity index (χ1n) is 5.16. The van der Waals surface area contributed by atoms with E-state index in [1.807, 2.05) is 36.4 Å². The number of sulfone groups is 1. The molecule has 0 bridgehead atoms. The molecule has 0 amide bonds. The summed E-state index contributed by atoms with van der Waals surface area (Å²) in [4.78, 5) is 0.356. The van der Waals surface area contributed by atoms with E-state index in [9.17, 15) is 8.42 Å². The normalized spacial score (nSPS) is 11.7. The average Bonchev–Trinajstić information content (AvgIpc) is 2.32. The Balaban J connectivity index is 2.24. The molecular weight excluding hydrogens is 383 g/mol. The minimum atomic E-state index is -3.11. The number of halogens is 2. The molecule has 2 rings (SSSR count). The molecule has 2 nitrogen and oxygen atoms in total. The van der Waals surface area contributed by atoms with Crippen molar-refractivity contribution in [3.63, 3.8) is 0 Å². The second-order valence-electron chi connectivity index (χ2n) is 3.73. The number of benzene rings is 2. The fourth-order valence-corrected chi connectivity index (χ4v) is 4.60. The Morgan fingerprint density at radius 2 is 1.61 bits per heavy atom. The molecule has 2 aromatic carbocycles. The monoisotopic (exact) mass is 393 g/mol. The van der Waals surface area contributed by atoms with E-state index < -0.39 is 9.84 Å². The molecule has 0 heterocycles. The van der Waals surface area contributed by atoms with Gasteiger partial charge in [0.05, 0.1) is 0 Å². The van der Waals surface area contributed by atoms with Crippen LogP contribution in [0.5, 0.6) is 0 Å². The molecule has 0 aliphatic rings. The number of hydrogen-bond acceptors (Lipinski definition) is 2. The summed E-state index contributed by atoms with van der Waals surface area (Å²) in [7, 11) is -3.11. The van der Waals surface area contributed by atoms with E-state index in [0.717, 1.165) is 12.2 Å². The molecule has 0 saturated carbocycles. The van der Waals surface area contributed by atoms with Gasteiger partial charge in [-0.25, -0.2) is 0 Å². The third-order valence-electron chi connectivity index (χ3n) is 2.28. The van der Waals surface area contributed by atoms with Crippen molar-refractivity contribution in [2.75, 3.05) is 6.26 Å². The van der Waals surface area contributed by atoms with Crippen LogP contribution in [0.1, 0.15) is 0 Å². The van der Waals surface area contributed by atoms with Crippen LogP contribution in [0, 0.1) is 7.14 Å². The van der Waals surface area contributed by atoms with Crippen molar-refractivity contribution >= 4 is 21.4 Å². The summed E-state index contributed by atoms with van der Waals surface area (Å²) < 4.78 is 25.0. The molecule has 18 heavy (non-hydrogen) atoms. The summed E-state index contributed by atoms with van der Waals surface area (Å²) in [6, 6.07) is 14.8. The van der Waals surface area contributed by atoms with Gasteiger partial charge in [0.2, 0.25) is 0 Å². The van der Waals surface area contributed by atoms with Crippen LogP contribution in [0.25, 0.3) is 0 Å². The van der Waals surface area contributed by atoms with Crippen LogP contribution in [0.3, 0.4) is 0 Å². The molecule has 0 spiro atoms. The Hall–Kier alpha value is -0.590. The predicted molar refractivity (Wildman–Crippen MR) is 68.4 cm³/mol. The van der Waals surface area contributed by atoms with E-state index in [4.69, 9.17) is 11.6 Å². The molecule has 2 aromatic rings. The van der Waals surface area contributed by atoms with Gasteiger partial charge in [-0.05, 0) is 0 Å². The Morgan fingerprint density at radius 3 is 2.17 bits per heavy atom. The van der Waals surface area contributed by atoms with Crippen LogP contribution >= 0.6 is 11.6 Å². The molecule has 0 atom stereocenters. The van der Waals surface area contributed by atoms with Gasteiger partial charge in [0.1, 0.15) is 0 Å². The van der Waals surface area contributed by atoms with Crippen molar-refractivity contribution < 1.29 is 29.6 Å². The van der Waals surface area contributed by atoms with E-state index in [0.29, 0.717) is 4.90 Å². The minimum absolute atomic E-state index is 0.356. The standard InChI is InChI=1S/C13H11ClIO2S/c1-18(16,17)11-8-6-10(7-9-11)15-13-5-3-2-4-12(13)14/h2-9H,1H3/q-1. The van der Waals surface area contributed by atoms with Gasteiger partial charge in [-0.3, -0.25) is 0 Å². The molecule has 5 heteroatoms. The van der Waals surface area contributed by atoms with Crippen molar-refractivity contribution in [2.24, 2.45) is 0 Å². The first-order valence-corrected chi connectivity index (χ1v) is 9.59. The molecule has 0 radical (unpaired) electrons. The number of rotatable bonds is 3. The van der Waals surface area contributed by atoms with Gasteiger partial charge in [-0.1, -0.05) is 0 Å². The number of hydrogen-bond donors (Lipinski definition) is 0. The van der Waals surface area contributed by atoms with E-state index in [1.165, 1.54) is 6.26 Å². The van der Waals surface area contributed by atoms with Crippen LogP contribution in [0.2, 0.25) is 5.02 Å². The molecule has 0 aromatic heterocycles. The summed E-state index contributed by atoms with van der Waals surface area (Å²) in [5, 5.41) is 0.775. The molecule has 0 N–H and O–H groups in total. The Kier molecular flexibility index (Phi) is 4.29. The molecule has 0 fully saturated rings. The van der Waals surface area contributed by atoms with E-state index in [2.05, 4.69) is 0 Å². The third kappa shape index (κ3) is 3.46. The van der Waals surface area contributed by atoms with Crippen LogP contribution in [0.15, 0.2) is 53.4 Å². The van der Waals surface area contributed by atoms with Gasteiger partial charge in [-0.15, -0.1) is 0 Å². The zero-order valence-corrected chi connectivity index (χ0v) is 13.3. The fraction of sp³-hybridized carbons (Fsp3) is 0.0769. The van der Waals surface area contributed by atoms with E-state index in [-0.39, 0.29) is 21.2 Å². The molecule has 0 aliphatic heterocycles. The van der Waals surface area contributed by atoms with Crippen LogP contribution in [-0.4, -0.2) is 14.7 Å². The van der Waals surface area contributed by atoms with E-state index in [1.54, 1.807) is 12.1 Å². The van der Waals surface area contributed by atoms with Crippen molar-refractivity contribution in [3.05, 3.63) is 60.7 Å². The van der Waals surface area contributed by atoms with Gasteiger partial charge < -0.3 is 0 Å². The Bertz CT molecular complexity index is 651. The summed E-state index contributed by atoms with van der Waals surface area (Å²) in [6.07, 6.45) is 1.21. The van der Waals surface area contributed by atoms with Crippen LogP contribution in [0.4, 0.5) is 0 Å². The maximum absolute atomic E-state index is 11.3. The third-order valence-corrected chi connectivity index (χ3v) is 6.92. The van der Waals surface area contributed by atoms with Gasteiger partial charge in [0.15, 0.2) is 0 Å². The van der Waals surface area contributed by atoms with Crippen molar-refractivity contribution in [2.45, 2.75) is 4.90 Å². The molecule has 0 saturated heterocycles. The topological polar surface area (TPSA) is 34.1 Å². The fourth-order valence-electron chi connectivity index (χ4n) is 1.38. The molecular formula is C13H11ClIO2S-. The zero-order chi connectivity index (χ0) is 13.2. The van der Waals surface area contributed by atoms with Gasteiger partial charge in [0, 0.05) is 0 Å². The summed E-state index contributed by atoms with van der Waals surface area (Å²) >= 11 is 5.74. The first-order chi connectivity index (χ1) is 8.47. The van der Waals surface area contributed by atoms with Crippen molar-refractivity contribution in [1.29, 1.82) is 0 Å². The summed E-state index contributed by atoms with van der Waals surface area (Å²) in [5.74, 6) is 0. The van der Waals surface area contributed by atoms with Crippen LogP contribution < -0.4 is 21.2 Å². The molecule has 0 unspecified atom stereocenters. The van der Waals surface area contributed by atoms with Crippen LogP contribution in [-0.2, 0) is 9.84 Å². The van der Waals surface area contributed by atoms with Gasteiger partial charge in [0.25, 0.3) is 0 Å². The quantitative estimate of drug-likeness (QED) is 0.681. The second-order valence-corrected chi connectivity index (χ2v) is 9.10. The predicted octanol–water partition coefficient (Wildman–Crippen LogP) is -0.128. The summed E-state index contributed by atoms with van der Waals surface area (Å²) in [5.41, 5.74) is 0. The average molecular weight is 394 g/mol. The van der Waals surface area contributed by atoms with Gasteiger partial charge in [-0.2, -0.15) is 0 Å². The Morgan fingerprint density at radius 1 is 1.00 bits per heavy atom. The summed E-state index contributed by atoms with van der Waals surface area (Å²) in [6.45, 7) is 0. The maximum atomic E-state index is 11.3. The SMILES string of the molecule is CS(=O)(=O)c1ccc([I-]c2ccccc2Cl)cc1. The first kappa shape index (κ1) is 13.8. The Labute approximate surface area is 122 Å².